The summed E-state index contributed by atoms with van der Waals surface area (Å²) in [7, 11) is 1.62. The first-order valence-corrected chi connectivity index (χ1v) is 9.14. The second-order valence-electron chi connectivity index (χ2n) is 7.70. The molecule has 3 aliphatic rings. The van der Waals surface area contributed by atoms with E-state index in [2.05, 4.69) is 11.8 Å². The first-order valence-electron chi connectivity index (χ1n) is 9.14. The Labute approximate surface area is 144 Å². The summed E-state index contributed by atoms with van der Waals surface area (Å²) in [6.45, 7) is 5.67. The van der Waals surface area contributed by atoms with Gasteiger partial charge in [-0.25, -0.2) is 0 Å². The molecule has 6 nitrogen and oxygen atoms in total. The number of fused-ring (bicyclic) bond motifs is 1. The Balaban J connectivity index is 1.79. The van der Waals surface area contributed by atoms with Gasteiger partial charge in [-0.3, -0.25) is 9.59 Å². The molecule has 6 heteroatoms. The lowest BCUT2D eigenvalue weighted by molar-refractivity contribution is -0.141. The van der Waals surface area contributed by atoms with Crippen LogP contribution in [0.3, 0.4) is 0 Å². The summed E-state index contributed by atoms with van der Waals surface area (Å²) in [6, 6.07) is 0.639. The maximum Gasteiger partial charge on any atom is 0.249 e. The average molecular weight is 338 g/mol. The molecule has 2 bridgehead atoms. The first-order chi connectivity index (χ1) is 11.5. The summed E-state index contributed by atoms with van der Waals surface area (Å²) >= 11 is 0. The lowest BCUT2D eigenvalue weighted by atomic mass is 9.71. The number of nitrogens with zero attached hydrogens (tertiary/aromatic N) is 2. The summed E-state index contributed by atoms with van der Waals surface area (Å²) < 4.78 is 10.4. The van der Waals surface area contributed by atoms with Gasteiger partial charge in [0, 0.05) is 38.1 Å². The smallest absolute Gasteiger partial charge is 0.249 e. The molecule has 1 aliphatic carbocycles. The van der Waals surface area contributed by atoms with E-state index in [9.17, 15) is 9.59 Å². The van der Waals surface area contributed by atoms with E-state index in [1.165, 1.54) is 0 Å². The van der Waals surface area contributed by atoms with Crippen LogP contribution in [0.5, 0.6) is 0 Å². The van der Waals surface area contributed by atoms with Gasteiger partial charge in [-0.05, 0) is 19.3 Å². The molecule has 0 spiro atoms. The highest BCUT2D eigenvalue weighted by molar-refractivity contribution is 5.80. The fraction of sp³-hybridized carbons (Fsp3) is 0.889. The number of methoxy groups -OCH3 is 1. The van der Waals surface area contributed by atoms with Crippen molar-refractivity contribution in [2.24, 2.45) is 5.41 Å². The number of piperidine rings is 1. The third kappa shape index (κ3) is 2.94. The van der Waals surface area contributed by atoms with Crippen molar-refractivity contribution in [3.05, 3.63) is 0 Å². The molecule has 4 atom stereocenters. The van der Waals surface area contributed by atoms with E-state index in [4.69, 9.17) is 9.47 Å². The van der Waals surface area contributed by atoms with E-state index in [-0.39, 0.29) is 42.0 Å². The third-order valence-corrected chi connectivity index (χ3v) is 6.27. The average Bonchev–Trinajstić information content (AvgIpc) is 2.66. The van der Waals surface area contributed by atoms with Crippen LogP contribution in [0.15, 0.2) is 0 Å². The predicted molar refractivity (Wildman–Crippen MR) is 89.5 cm³/mol. The molecular formula is C18H30N2O4. The van der Waals surface area contributed by atoms with Crippen molar-refractivity contribution in [2.75, 3.05) is 33.5 Å². The summed E-state index contributed by atoms with van der Waals surface area (Å²) in [5.74, 6) is 0.207. The zero-order valence-corrected chi connectivity index (χ0v) is 15.1. The molecule has 0 aromatic carbocycles. The van der Waals surface area contributed by atoms with Crippen molar-refractivity contribution < 1.29 is 19.1 Å². The number of hydrogen-bond donors (Lipinski definition) is 0. The zero-order chi connectivity index (χ0) is 17.3. The quantitative estimate of drug-likeness (QED) is 0.712. The monoisotopic (exact) mass is 338 g/mol. The predicted octanol–water partition coefficient (Wildman–Crippen LogP) is 1.43. The molecule has 0 radical (unpaired) electrons. The van der Waals surface area contributed by atoms with Gasteiger partial charge >= 0.3 is 0 Å². The van der Waals surface area contributed by atoms with Crippen LogP contribution < -0.4 is 0 Å². The minimum atomic E-state index is 0.0211. The number of rotatable bonds is 5. The highest BCUT2D eigenvalue weighted by Gasteiger charge is 2.60. The van der Waals surface area contributed by atoms with Gasteiger partial charge in [0.15, 0.2) is 0 Å². The summed E-state index contributed by atoms with van der Waals surface area (Å²) in [6.07, 6.45) is 5.38. The van der Waals surface area contributed by atoms with Crippen molar-refractivity contribution in [3.63, 3.8) is 0 Å². The van der Waals surface area contributed by atoms with Gasteiger partial charge in [-0.15, -0.1) is 0 Å². The Morgan fingerprint density at radius 1 is 1.17 bits per heavy atom. The van der Waals surface area contributed by atoms with Crippen LogP contribution in [0.1, 0.15) is 46.0 Å². The van der Waals surface area contributed by atoms with E-state index < -0.39 is 0 Å². The third-order valence-electron chi connectivity index (χ3n) is 6.27. The molecule has 3 fully saturated rings. The van der Waals surface area contributed by atoms with Crippen LogP contribution in [0.4, 0.5) is 0 Å². The number of carbonyl (C=O) groups excluding carboxylic acids is 2. The van der Waals surface area contributed by atoms with Gasteiger partial charge in [-0.2, -0.15) is 0 Å². The molecule has 2 aliphatic heterocycles. The van der Waals surface area contributed by atoms with Crippen molar-refractivity contribution >= 4 is 11.8 Å². The minimum absolute atomic E-state index is 0.0211. The number of amides is 2. The first kappa shape index (κ1) is 17.7. The van der Waals surface area contributed by atoms with Crippen LogP contribution >= 0.6 is 0 Å². The largest absolute Gasteiger partial charge is 0.382 e. The van der Waals surface area contributed by atoms with Gasteiger partial charge in [-0.1, -0.05) is 19.8 Å². The Morgan fingerprint density at radius 2 is 1.88 bits per heavy atom. The lowest BCUT2D eigenvalue weighted by Crippen LogP contribution is -2.55. The number of hydrogen-bond acceptors (Lipinski definition) is 4. The lowest BCUT2D eigenvalue weighted by Gasteiger charge is -2.46. The van der Waals surface area contributed by atoms with Gasteiger partial charge in [0.05, 0.1) is 19.3 Å². The Kier molecular flexibility index (Phi) is 5.16. The van der Waals surface area contributed by atoms with Gasteiger partial charge in [0.2, 0.25) is 11.8 Å². The Hall–Kier alpha value is -1.14. The topological polar surface area (TPSA) is 59.1 Å². The van der Waals surface area contributed by atoms with Crippen molar-refractivity contribution in [2.45, 2.75) is 64.1 Å². The number of ether oxygens (including phenoxy) is 2. The van der Waals surface area contributed by atoms with Crippen molar-refractivity contribution in [1.29, 1.82) is 0 Å². The van der Waals surface area contributed by atoms with Crippen LogP contribution in [0.2, 0.25) is 0 Å². The van der Waals surface area contributed by atoms with Crippen LogP contribution in [0.25, 0.3) is 0 Å². The van der Waals surface area contributed by atoms with Crippen molar-refractivity contribution in [1.82, 2.24) is 9.80 Å². The number of carbonyl (C=O) groups is 2. The highest BCUT2D eigenvalue weighted by Crippen LogP contribution is 2.53. The molecule has 0 aromatic heterocycles. The maximum atomic E-state index is 12.8. The molecular weight excluding hydrogens is 308 g/mol. The summed E-state index contributed by atoms with van der Waals surface area (Å²) in [5.41, 5.74) is 0.0211. The molecule has 0 aromatic rings. The van der Waals surface area contributed by atoms with Gasteiger partial charge in [0.25, 0.3) is 0 Å². The maximum absolute atomic E-state index is 12.8. The molecule has 24 heavy (non-hydrogen) atoms. The van der Waals surface area contributed by atoms with Gasteiger partial charge in [0.1, 0.15) is 6.61 Å². The fourth-order valence-corrected chi connectivity index (χ4v) is 5.27. The van der Waals surface area contributed by atoms with Crippen LogP contribution in [-0.4, -0.2) is 73.2 Å². The summed E-state index contributed by atoms with van der Waals surface area (Å²) in [5, 5.41) is 0. The Morgan fingerprint density at radius 3 is 2.54 bits per heavy atom. The summed E-state index contributed by atoms with van der Waals surface area (Å²) in [4.78, 5) is 29.1. The molecule has 2 amide bonds. The van der Waals surface area contributed by atoms with E-state index in [0.717, 1.165) is 32.1 Å². The molecule has 0 unspecified atom stereocenters. The highest BCUT2D eigenvalue weighted by atomic mass is 16.5. The second-order valence-corrected chi connectivity index (χ2v) is 7.70. The molecule has 2 heterocycles. The Bertz CT molecular complexity index is 497. The SMILES string of the molecule is COCCOCC(=O)N1[C@@H]2CN(C(C)=O)[C@@H]3CCCC[C@H]1[C@]3(C)C2. The zero-order valence-electron chi connectivity index (χ0n) is 15.1. The minimum Gasteiger partial charge on any atom is -0.382 e. The van der Waals surface area contributed by atoms with Gasteiger partial charge < -0.3 is 19.3 Å². The second kappa shape index (κ2) is 7.00. The standard InChI is InChI=1S/C18H30N2O4/c1-13(21)19-11-14-10-18(2)15(19)6-4-5-7-16(18)20(14)17(22)12-24-9-8-23-3/h14-16H,4-12H2,1-3H3/t14-,15+,16-,18+/m0/s1. The van der Waals surface area contributed by atoms with Crippen molar-refractivity contribution in [3.8, 4) is 0 Å². The molecule has 3 rings (SSSR count). The number of likely N-dealkylation sites (tertiary alicyclic amines) is 2. The molecule has 136 valence electrons. The fourth-order valence-electron chi connectivity index (χ4n) is 5.27. The van der Waals surface area contributed by atoms with E-state index in [1.807, 2.05) is 4.90 Å². The van der Waals surface area contributed by atoms with E-state index in [0.29, 0.717) is 19.8 Å². The van der Waals surface area contributed by atoms with Crippen LogP contribution in [0, 0.1) is 5.41 Å². The van der Waals surface area contributed by atoms with Crippen LogP contribution in [-0.2, 0) is 19.1 Å². The van der Waals surface area contributed by atoms with E-state index in [1.54, 1.807) is 14.0 Å². The normalized spacial score (nSPS) is 35.0. The molecule has 0 N–H and O–H groups in total. The molecule has 2 saturated heterocycles. The molecule has 1 saturated carbocycles. The van der Waals surface area contributed by atoms with E-state index >= 15 is 0 Å².